The average Bonchev–Trinajstić information content (AvgIpc) is 2.47. The number of hydrogen-bond donors (Lipinski definition) is 1. The van der Waals surface area contributed by atoms with Gasteiger partial charge in [-0.25, -0.2) is 4.98 Å². The lowest BCUT2D eigenvalue weighted by atomic mass is 10.1. The van der Waals surface area contributed by atoms with Gasteiger partial charge < -0.3 is 9.72 Å². The zero-order chi connectivity index (χ0) is 16.3. The monoisotopic (exact) mass is 379 g/mol. The molecule has 1 N–H and O–H groups in total. The zero-order valence-electron chi connectivity index (χ0n) is 12.3. The second-order valence-corrected chi connectivity index (χ2v) is 6.37. The largest absolute Gasteiger partial charge is 0.491 e. The fourth-order valence-electron chi connectivity index (χ4n) is 1.88. The lowest BCUT2D eigenvalue weighted by Gasteiger charge is -2.13. The number of thioether (sulfide) groups is 1. The van der Waals surface area contributed by atoms with Crippen LogP contribution in [-0.4, -0.2) is 22.3 Å². The van der Waals surface area contributed by atoms with Gasteiger partial charge in [0.15, 0.2) is 5.16 Å². The van der Waals surface area contributed by atoms with E-state index in [4.69, 9.17) is 4.74 Å². The van der Waals surface area contributed by atoms with Crippen molar-refractivity contribution in [3.05, 3.63) is 38.6 Å². The summed E-state index contributed by atoms with van der Waals surface area (Å²) in [5.74, 6) is 0.657. The second-order valence-electron chi connectivity index (χ2n) is 4.72. The lowest BCUT2D eigenvalue weighted by molar-refractivity contribution is 0.242. The molecule has 2 aromatic rings. The molecule has 1 aromatic heterocycles. The topological polar surface area (TPSA) is 78.8 Å². The van der Waals surface area contributed by atoms with E-state index in [0.29, 0.717) is 22.2 Å². The third-order valence-corrected chi connectivity index (χ3v) is 4.04. The second kappa shape index (κ2) is 6.99. The maximum atomic E-state index is 12.0. The number of halogens is 1. The standard InChI is InChI=1S/C15H14BrN3O2S/c1-8(2)21-9-4-5-12(16)10(6-9)13-11(7-17)14(20)19-15(18-13)22-3/h4-6,8H,1-3H3,(H,18,19,20). The van der Waals surface area contributed by atoms with Gasteiger partial charge in [0.2, 0.25) is 0 Å². The summed E-state index contributed by atoms with van der Waals surface area (Å²) in [6.07, 6.45) is 1.83. The molecule has 0 saturated carbocycles. The van der Waals surface area contributed by atoms with Crippen LogP contribution in [0, 0.1) is 11.3 Å². The third-order valence-electron chi connectivity index (χ3n) is 2.77. The fraction of sp³-hybridized carbons (Fsp3) is 0.267. The van der Waals surface area contributed by atoms with Gasteiger partial charge in [0.05, 0.1) is 11.8 Å². The number of benzene rings is 1. The Hall–Kier alpha value is -1.78. The minimum Gasteiger partial charge on any atom is -0.491 e. The Kier molecular flexibility index (Phi) is 5.27. The number of nitriles is 1. The van der Waals surface area contributed by atoms with Crippen molar-refractivity contribution < 1.29 is 4.74 Å². The van der Waals surface area contributed by atoms with Crippen molar-refractivity contribution >= 4 is 27.7 Å². The molecule has 0 atom stereocenters. The lowest BCUT2D eigenvalue weighted by Crippen LogP contribution is -2.14. The average molecular weight is 380 g/mol. The number of rotatable bonds is 4. The van der Waals surface area contributed by atoms with E-state index < -0.39 is 5.56 Å². The van der Waals surface area contributed by atoms with Crippen LogP contribution in [-0.2, 0) is 0 Å². The van der Waals surface area contributed by atoms with E-state index in [0.717, 1.165) is 4.47 Å². The van der Waals surface area contributed by atoms with Crippen LogP contribution >= 0.6 is 27.7 Å². The molecule has 0 spiro atoms. The Morgan fingerprint density at radius 3 is 2.77 bits per heavy atom. The molecule has 7 heteroatoms. The highest BCUT2D eigenvalue weighted by atomic mass is 79.9. The SMILES string of the molecule is CSc1nc(-c2cc(OC(C)C)ccc2Br)c(C#N)c(=O)[nH]1. The van der Waals surface area contributed by atoms with Gasteiger partial charge in [0.1, 0.15) is 17.4 Å². The van der Waals surface area contributed by atoms with Gasteiger partial charge in [-0.15, -0.1) is 0 Å². The summed E-state index contributed by atoms with van der Waals surface area (Å²) in [6, 6.07) is 7.34. The zero-order valence-corrected chi connectivity index (χ0v) is 14.7. The smallest absolute Gasteiger partial charge is 0.270 e. The number of aromatic amines is 1. The number of nitrogens with zero attached hydrogens (tertiary/aromatic N) is 2. The van der Waals surface area contributed by atoms with Gasteiger partial charge in [-0.05, 0) is 38.3 Å². The van der Waals surface area contributed by atoms with Crippen molar-refractivity contribution in [2.45, 2.75) is 25.1 Å². The van der Waals surface area contributed by atoms with Crippen LogP contribution in [0.5, 0.6) is 5.75 Å². The molecule has 0 aliphatic rings. The number of aromatic nitrogens is 2. The van der Waals surface area contributed by atoms with Crippen molar-refractivity contribution in [1.29, 1.82) is 5.26 Å². The highest BCUT2D eigenvalue weighted by molar-refractivity contribution is 9.10. The molecule has 0 aliphatic carbocycles. The van der Waals surface area contributed by atoms with Gasteiger partial charge in [-0.1, -0.05) is 27.7 Å². The van der Waals surface area contributed by atoms with Crippen LogP contribution in [0.15, 0.2) is 32.6 Å². The minimum atomic E-state index is -0.445. The molecule has 1 aromatic carbocycles. The predicted octanol–water partition coefficient (Wildman–Crippen LogP) is 3.58. The Bertz CT molecular complexity index is 796. The number of hydrogen-bond acceptors (Lipinski definition) is 5. The van der Waals surface area contributed by atoms with Crippen LogP contribution in [0.3, 0.4) is 0 Å². The summed E-state index contributed by atoms with van der Waals surface area (Å²) in [4.78, 5) is 19.0. The first-order valence-electron chi connectivity index (χ1n) is 6.51. The first kappa shape index (κ1) is 16.6. The summed E-state index contributed by atoms with van der Waals surface area (Å²) < 4.78 is 6.41. The molecule has 0 unspecified atom stereocenters. The summed E-state index contributed by atoms with van der Waals surface area (Å²) >= 11 is 4.75. The predicted molar refractivity (Wildman–Crippen MR) is 90.3 cm³/mol. The van der Waals surface area contributed by atoms with Gasteiger partial charge in [-0.3, -0.25) is 4.79 Å². The van der Waals surface area contributed by atoms with Crippen molar-refractivity contribution in [2.24, 2.45) is 0 Å². The molecule has 2 rings (SSSR count). The third kappa shape index (κ3) is 3.51. The van der Waals surface area contributed by atoms with Crippen molar-refractivity contribution in [3.63, 3.8) is 0 Å². The molecule has 1 heterocycles. The van der Waals surface area contributed by atoms with E-state index >= 15 is 0 Å². The molecule has 0 bridgehead atoms. The van der Waals surface area contributed by atoms with E-state index in [9.17, 15) is 10.1 Å². The Morgan fingerprint density at radius 2 is 2.18 bits per heavy atom. The first-order valence-corrected chi connectivity index (χ1v) is 8.53. The van der Waals surface area contributed by atoms with Gasteiger partial charge >= 0.3 is 0 Å². The molecule has 0 radical (unpaired) electrons. The summed E-state index contributed by atoms with van der Waals surface area (Å²) in [5.41, 5.74) is 0.534. The van der Waals surface area contributed by atoms with Crippen LogP contribution in [0.4, 0.5) is 0 Å². The summed E-state index contributed by atoms with van der Waals surface area (Å²) in [7, 11) is 0. The van der Waals surface area contributed by atoms with E-state index in [1.54, 1.807) is 12.3 Å². The maximum absolute atomic E-state index is 12.0. The fourth-order valence-corrected chi connectivity index (χ4v) is 2.69. The normalized spacial score (nSPS) is 10.5. The summed E-state index contributed by atoms with van der Waals surface area (Å²) in [6.45, 7) is 3.86. The molecule has 0 amide bonds. The Labute approximate surface area is 140 Å². The Balaban J connectivity index is 2.68. The highest BCUT2D eigenvalue weighted by Gasteiger charge is 2.16. The van der Waals surface area contributed by atoms with Crippen LogP contribution < -0.4 is 10.3 Å². The number of H-pyrrole nitrogens is 1. The van der Waals surface area contributed by atoms with Gasteiger partial charge in [-0.2, -0.15) is 5.26 Å². The van der Waals surface area contributed by atoms with Gasteiger partial charge in [0, 0.05) is 10.0 Å². The quantitative estimate of drug-likeness (QED) is 0.648. The van der Waals surface area contributed by atoms with Crippen molar-refractivity contribution in [2.75, 3.05) is 6.26 Å². The van der Waals surface area contributed by atoms with Crippen LogP contribution in [0.2, 0.25) is 0 Å². The molecule has 0 fully saturated rings. The number of ether oxygens (including phenoxy) is 1. The molecule has 0 aliphatic heterocycles. The molecule has 114 valence electrons. The molecule has 22 heavy (non-hydrogen) atoms. The molecule has 0 saturated heterocycles. The maximum Gasteiger partial charge on any atom is 0.270 e. The first-order chi connectivity index (χ1) is 10.5. The molecule has 5 nitrogen and oxygen atoms in total. The van der Waals surface area contributed by atoms with E-state index in [2.05, 4.69) is 25.9 Å². The highest BCUT2D eigenvalue weighted by Crippen LogP contribution is 2.32. The molecular formula is C15H14BrN3O2S. The Morgan fingerprint density at radius 1 is 1.45 bits per heavy atom. The van der Waals surface area contributed by atoms with Crippen LogP contribution in [0.25, 0.3) is 11.3 Å². The van der Waals surface area contributed by atoms with Gasteiger partial charge in [0.25, 0.3) is 5.56 Å². The van der Waals surface area contributed by atoms with E-state index in [-0.39, 0.29) is 11.7 Å². The van der Waals surface area contributed by atoms with Crippen molar-refractivity contribution in [3.8, 4) is 23.1 Å². The van der Waals surface area contributed by atoms with Crippen molar-refractivity contribution in [1.82, 2.24) is 9.97 Å². The number of nitrogens with one attached hydrogen (secondary N) is 1. The van der Waals surface area contributed by atoms with E-state index in [1.165, 1.54) is 11.8 Å². The van der Waals surface area contributed by atoms with Crippen LogP contribution in [0.1, 0.15) is 19.4 Å². The summed E-state index contributed by atoms with van der Waals surface area (Å²) in [5, 5.41) is 9.73. The minimum absolute atomic E-state index is 0.0137. The molecular weight excluding hydrogens is 366 g/mol. The van der Waals surface area contributed by atoms with E-state index in [1.807, 2.05) is 32.0 Å².